The number of nitrogens with zero attached hydrogens (tertiary/aromatic N) is 1. The van der Waals surface area contributed by atoms with Gasteiger partial charge in [0.15, 0.2) is 0 Å². The van der Waals surface area contributed by atoms with Crippen molar-refractivity contribution in [2.75, 3.05) is 5.32 Å². The number of aromatic nitrogens is 1. The molecule has 3 rings (SSSR count). The molecule has 0 saturated carbocycles. The van der Waals surface area contributed by atoms with Crippen LogP contribution in [0.15, 0.2) is 66.9 Å². The minimum Gasteiger partial charge on any atom is -0.348 e. The van der Waals surface area contributed by atoms with Crippen LogP contribution in [0.25, 0.3) is 0 Å². The van der Waals surface area contributed by atoms with Gasteiger partial charge in [0.2, 0.25) is 0 Å². The zero-order chi connectivity index (χ0) is 19.2. The van der Waals surface area contributed by atoms with Crippen LogP contribution >= 0.6 is 0 Å². The van der Waals surface area contributed by atoms with Gasteiger partial charge < -0.3 is 10.6 Å². The van der Waals surface area contributed by atoms with Crippen LogP contribution in [0.5, 0.6) is 0 Å². The van der Waals surface area contributed by atoms with Crippen molar-refractivity contribution in [3.05, 3.63) is 94.8 Å². The number of pyridine rings is 1. The van der Waals surface area contributed by atoms with Crippen LogP contribution in [0.1, 0.15) is 37.5 Å². The van der Waals surface area contributed by atoms with Crippen LogP contribution in [-0.4, -0.2) is 16.8 Å². The monoisotopic (exact) mass is 359 g/mol. The lowest BCUT2D eigenvalue weighted by Gasteiger charge is -2.08. The molecule has 3 aromatic rings. The summed E-state index contributed by atoms with van der Waals surface area (Å²) in [7, 11) is 0. The second-order valence-corrected chi connectivity index (χ2v) is 6.43. The average Bonchev–Trinajstić information content (AvgIpc) is 2.66. The van der Waals surface area contributed by atoms with Gasteiger partial charge in [-0.05, 0) is 49.2 Å². The SMILES string of the molecule is Cc1cccc(CNC(=O)c2ccnc(C(=O)Nc3cccc(C)c3)c2)c1. The second kappa shape index (κ2) is 8.27. The summed E-state index contributed by atoms with van der Waals surface area (Å²) < 4.78 is 0. The van der Waals surface area contributed by atoms with Gasteiger partial charge in [0.25, 0.3) is 11.8 Å². The fourth-order valence-corrected chi connectivity index (χ4v) is 2.72. The second-order valence-electron chi connectivity index (χ2n) is 6.43. The normalized spacial score (nSPS) is 10.3. The van der Waals surface area contributed by atoms with Gasteiger partial charge in [-0.3, -0.25) is 14.6 Å². The summed E-state index contributed by atoms with van der Waals surface area (Å²) in [5.41, 5.74) is 4.49. The Hall–Kier alpha value is -3.47. The smallest absolute Gasteiger partial charge is 0.274 e. The topological polar surface area (TPSA) is 71.1 Å². The first-order valence-electron chi connectivity index (χ1n) is 8.69. The summed E-state index contributed by atoms with van der Waals surface area (Å²) in [4.78, 5) is 28.9. The van der Waals surface area contributed by atoms with E-state index in [-0.39, 0.29) is 17.5 Å². The Bertz CT molecular complexity index is 983. The number of nitrogens with one attached hydrogen (secondary N) is 2. The quantitative estimate of drug-likeness (QED) is 0.726. The molecular weight excluding hydrogens is 338 g/mol. The van der Waals surface area contributed by atoms with E-state index in [2.05, 4.69) is 15.6 Å². The number of carbonyl (C=O) groups excluding carboxylic acids is 2. The van der Waals surface area contributed by atoms with E-state index in [1.807, 2.05) is 62.4 Å². The largest absolute Gasteiger partial charge is 0.348 e. The lowest BCUT2D eigenvalue weighted by Crippen LogP contribution is -2.23. The van der Waals surface area contributed by atoms with Crippen LogP contribution in [-0.2, 0) is 6.54 Å². The van der Waals surface area contributed by atoms with Gasteiger partial charge in [-0.15, -0.1) is 0 Å². The molecule has 2 N–H and O–H groups in total. The molecule has 0 saturated heterocycles. The Morgan fingerprint density at radius 2 is 1.63 bits per heavy atom. The maximum atomic E-state index is 12.4. The summed E-state index contributed by atoms with van der Waals surface area (Å²) in [6.45, 7) is 4.38. The van der Waals surface area contributed by atoms with Crippen LogP contribution in [0, 0.1) is 13.8 Å². The first kappa shape index (κ1) is 18.3. The molecule has 136 valence electrons. The number of anilines is 1. The van der Waals surface area contributed by atoms with E-state index in [1.54, 1.807) is 6.07 Å². The highest BCUT2D eigenvalue weighted by molar-refractivity contribution is 6.04. The molecule has 0 fully saturated rings. The minimum absolute atomic E-state index is 0.194. The molecule has 0 aliphatic heterocycles. The van der Waals surface area contributed by atoms with Crippen LogP contribution in [0.3, 0.4) is 0 Å². The Labute approximate surface area is 158 Å². The van der Waals surface area contributed by atoms with Crippen molar-refractivity contribution in [3.8, 4) is 0 Å². The summed E-state index contributed by atoms with van der Waals surface area (Å²) >= 11 is 0. The van der Waals surface area contributed by atoms with Gasteiger partial charge in [-0.25, -0.2) is 0 Å². The molecular formula is C22H21N3O2. The van der Waals surface area contributed by atoms with E-state index in [0.717, 1.165) is 16.7 Å². The molecule has 0 atom stereocenters. The van der Waals surface area contributed by atoms with Crippen molar-refractivity contribution in [2.24, 2.45) is 0 Å². The van der Waals surface area contributed by atoms with Gasteiger partial charge >= 0.3 is 0 Å². The number of benzene rings is 2. The van der Waals surface area contributed by atoms with Crippen LogP contribution < -0.4 is 10.6 Å². The highest BCUT2D eigenvalue weighted by Gasteiger charge is 2.12. The molecule has 0 aliphatic carbocycles. The molecule has 27 heavy (non-hydrogen) atoms. The van der Waals surface area contributed by atoms with Gasteiger partial charge in [-0.1, -0.05) is 42.0 Å². The number of aryl methyl sites for hydroxylation is 2. The molecule has 0 spiro atoms. The zero-order valence-corrected chi connectivity index (χ0v) is 15.3. The Balaban J connectivity index is 1.67. The van der Waals surface area contributed by atoms with Crippen molar-refractivity contribution < 1.29 is 9.59 Å². The van der Waals surface area contributed by atoms with Crippen molar-refractivity contribution in [1.29, 1.82) is 0 Å². The molecule has 5 nitrogen and oxygen atoms in total. The molecule has 0 radical (unpaired) electrons. The maximum absolute atomic E-state index is 12.4. The number of carbonyl (C=O) groups is 2. The van der Waals surface area contributed by atoms with Gasteiger partial charge in [0, 0.05) is 24.0 Å². The molecule has 2 amide bonds. The highest BCUT2D eigenvalue weighted by Crippen LogP contribution is 2.12. The van der Waals surface area contributed by atoms with E-state index >= 15 is 0 Å². The Kier molecular flexibility index (Phi) is 5.61. The third-order valence-electron chi connectivity index (χ3n) is 4.07. The summed E-state index contributed by atoms with van der Waals surface area (Å²) in [6.07, 6.45) is 1.47. The fourth-order valence-electron chi connectivity index (χ4n) is 2.72. The summed E-state index contributed by atoms with van der Waals surface area (Å²) in [6, 6.07) is 18.5. The molecule has 1 aromatic heterocycles. The number of hydrogen-bond donors (Lipinski definition) is 2. The minimum atomic E-state index is -0.353. The first-order chi connectivity index (χ1) is 13.0. The Morgan fingerprint density at radius 3 is 2.37 bits per heavy atom. The number of rotatable bonds is 5. The van der Waals surface area contributed by atoms with Crippen LogP contribution in [0.4, 0.5) is 5.69 Å². The van der Waals surface area contributed by atoms with E-state index in [4.69, 9.17) is 0 Å². The van der Waals surface area contributed by atoms with Gasteiger partial charge in [-0.2, -0.15) is 0 Å². The molecule has 0 unspecified atom stereocenters. The highest BCUT2D eigenvalue weighted by atomic mass is 16.2. The van der Waals surface area contributed by atoms with Crippen molar-refractivity contribution in [2.45, 2.75) is 20.4 Å². The van der Waals surface area contributed by atoms with E-state index in [9.17, 15) is 9.59 Å². The first-order valence-corrected chi connectivity index (χ1v) is 8.69. The zero-order valence-electron chi connectivity index (χ0n) is 15.3. The third kappa shape index (κ3) is 5.01. The van der Waals surface area contributed by atoms with E-state index < -0.39 is 0 Å². The molecule has 1 heterocycles. The van der Waals surface area contributed by atoms with Crippen LogP contribution in [0.2, 0.25) is 0 Å². The van der Waals surface area contributed by atoms with Crippen molar-refractivity contribution in [1.82, 2.24) is 10.3 Å². The number of amides is 2. The van der Waals surface area contributed by atoms with Crippen molar-refractivity contribution >= 4 is 17.5 Å². The predicted molar refractivity (Wildman–Crippen MR) is 106 cm³/mol. The van der Waals surface area contributed by atoms with Gasteiger partial charge in [0.1, 0.15) is 5.69 Å². The van der Waals surface area contributed by atoms with E-state index in [0.29, 0.717) is 17.8 Å². The number of hydrogen-bond acceptors (Lipinski definition) is 3. The Morgan fingerprint density at radius 1 is 0.889 bits per heavy atom. The summed E-state index contributed by atoms with van der Waals surface area (Å²) in [5.74, 6) is -0.600. The van der Waals surface area contributed by atoms with Crippen molar-refractivity contribution in [3.63, 3.8) is 0 Å². The fraction of sp³-hybridized carbons (Fsp3) is 0.136. The lowest BCUT2D eigenvalue weighted by molar-refractivity contribution is 0.0950. The summed E-state index contributed by atoms with van der Waals surface area (Å²) in [5, 5.41) is 5.66. The molecule has 0 bridgehead atoms. The lowest BCUT2D eigenvalue weighted by atomic mass is 10.1. The molecule has 2 aromatic carbocycles. The van der Waals surface area contributed by atoms with Gasteiger partial charge in [0.05, 0.1) is 0 Å². The third-order valence-corrected chi connectivity index (χ3v) is 4.07. The standard InChI is InChI=1S/C22H21N3O2/c1-15-5-3-7-17(11-15)14-24-21(26)18-9-10-23-20(13-18)22(27)25-19-8-4-6-16(2)12-19/h3-13H,14H2,1-2H3,(H,24,26)(H,25,27). The molecule has 5 heteroatoms. The predicted octanol–water partition coefficient (Wildman–Crippen LogP) is 3.88. The maximum Gasteiger partial charge on any atom is 0.274 e. The molecule has 0 aliphatic rings. The average molecular weight is 359 g/mol. The van der Waals surface area contributed by atoms with E-state index in [1.165, 1.54) is 12.3 Å².